The van der Waals surface area contributed by atoms with Crippen LogP contribution >= 0.6 is 0 Å². The van der Waals surface area contributed by atoms with Crippen LogP contribution in [0.3, 0.4) is 0 Å². The van der Waals surface area contributed by atoms with Crippen molar-refractivity contribution in [2.45, 2.75) is 44.8 Å². The van der Waals surface area contributed by atoms with E-state index in [2.05, 4.69) is 5.32 Å². The van der Waals surface area contributed by atoms with Crippen LogP contribution < -0.4 is 14.8 Å². The van der Waals surface area contributed by atoms with Crippen LogP contribution in [0.2, 0.25) is 0 Å². The van der Waals surface area contributed by atoms with Crippen molar-refractivity contribution < 1.29 is 19.4 Å². The molecule has 1 aromatic rings. The Labute approximate surface area is 125 Å². The minimum Gasteiger partial charge on any atom is -0.490 e. The highest BCUT2D eigenvalue weighted by Crippen LogP contribution is 2.26. The maximum Gasteiger partial charge on any atom is 0.258 e. The average molecular weight is 293 g/mol. The summed E-state index contributed by atoms with van der Waals surface area (Å²) in [7, 11) is 0. The van der Waals surface area contributed by atoms with Gasteiger partial charge in [-0.15, -0.1) is 0 Å². The fourth-order valence-corrected chi connectivity index (χ4v) is 2.52. The van der Waals surface area contributed by atoms with E-state index >= 15 is 0 Å². The topological polar surface area (TPSA) is 67.8 Å². The van der Waals surface area contributed by atoms with Crippen LogP contribution in [0.1, 0.15) is 32.6 Å². The van der Waals surface area contributed by atoms with Gasteiger partial charge >= 0.3 is 0 Å². The van der Waals surface area contributed by atoms with Gasteiger partial charge in [0.05, 0.1) is 18.8 Å². The van der Waals surface area contributed by atoms with Gasteiger partial charge in [-0.25, -0.2) is 0 Å². The van der Waals surface area contributed by atoms with Gasteiger partial charge in [0.2, 0.25) is 0 Å². The SMILES string of the molecule is CCOc1ccccc1OCC(=O)N[C@H]1CCCC[C@@H]1O. The van der Waals surface area contributed by atoms with Gasteiger partial charge in [-0.2, -0.15) is 0 Å². The van der Waals surface area contributed by atoms with Gasteiger partial charge in [-0.3, -0.25) is 4.79 Å². The molecule has 21 heavy (non-hydrogen) atoms. The number of carbonyl (C=O) groups excluding carboxylic acids is 1. The molecule has 1 aliphatic carbocycles. The quantitative estimate of drug-likeness (QED) is 0.840. The van der Waals surface area contributed by atoms with Crippen LogP contribution in [-0.4, -0.2) is 36.4 Å². The second kappa shape index (κ2) is 7.88. The summed E-state index contributed by atoms with van der Waals surface area (Å²) in [6.07, 6.45) is 3.18. The Kier molecular flexibility index (Phi) is 5.87. The number of ether oxygens (including phenoxy) is 2. The molecule has 0 saturated heterocycles. The molecule has 116 valence electrons. The fourth-order valence-electron chi connectivity index (χ4n) is 2.52. The van der Waals surface area contributed by atoms with Crippen molar-refractivity contribution in [1.82, 2.24) is 5.32 Å². The number of rotatable bonds is 6. The van der Waals surface area contributed by atoms with Crippen molar-refractivity contribution in [3.05, 3.63) is 24.3 Å². The minimum atomic E-state index is -0.446. The lowest BCUT2D eigenvalue weighted by atomic mass is 9.92. The zero-order chi connectivity index (χ0) is 15.1. The smallest absolute Gasteiger partial charge is 0.258 e. The number of aliphatic hydroxyl groups is 1. The van der Waals surface area contributed by atoms with Crippen LogP contribution in [-0.2, 0) is 4.79 Å². The molecule has 0 aliphatic heterocycles. The third-order valence-electron chi connectivity index (χ3n) is 3.58. The van der Waals surface area contributed by atoms with E-state index in [0.29, 0.717) is 18.1 Å². The zero-order valence-electron chi connectivity index (χ0n) is 12.4. The molecule has 2 atom stereocenters. The summed E-state index contributed by atoms with van der Waals surface area (Å²) in [6, 6.07) is 7.11. The van der Waals surface area contributed by atoms with Gasteiger partial charge in [-0.05, 0) is 31.9 Å². The lowest BCUT2D eigenvalue weighted by Crippen LogP contribution is -2.46. The van der Waals surface area contributed by atoms with Gasteiger partial charge in [0.15, 0.2) is 18.1 Å². The Balaban J connectivity index is 1.83. The number of carbonyl (C=O) groups is 1. The van der Waals surface area contributed by atoms with Gasteiger partial charge in [0.25, 0.3) is 5.91 Å². The minimum absolute atomic E-state index is 0.0761. The van der Waals surface area contributed by atoms with Crippen LogP contribution in [0, 0.1) is 0 Å². The Morgan fingerprint density at radius 1 is 1.24 bits per heavy atom. The molecule has 0 radical (unpaired) electrons. The van der Waals surface area contributed by atoms with Crippen LogP contribution in [0.25, 0.3) is 0 Å². The largest absolute Gasteiger partial charge is 0.490 e. The number of hydrogen-bond donors (Lipinski definition) is 2. The molecule has 0 aromatic heterocycles. The maximum absolute atomic E-state index is 11.9. The molecule has 0 spiro atoms. The molecular formula is C16H23NO4. The standard InChI is InChI=1S/C16H23NO4/c1-2-20-14-9-5-6-10-15(14)21-11-16(19)17-12-7-3-4-8-13(12)18/h5-6,9-10,12-13,18H,2-4,7-8,11H2,1H3,(H,17,19)/t12-,13-/m0/s1. The molecule has 1 fully saturated rings. The summed E-state index contributed by atoms with van der Waals surface area (Å²) < 4.78 is 10.9. The van der Waals surface area contributed by atoms with Crippen molar-refractivity contribution in [2.24, 2.45) is 0 Å². The highest BCUT2D eigenvalue weighted by Gasteiger charge is 2.24. The second-order valence-corrected chi connectivity index (χ2v) is 5.19. The molecule has 0 heterocycles. The average Bonchev–Trinajstić information content (AvgIpc) is 2.49. The summed E-state index contributed by atoms with van der Waals surface area (Å²) in [6.45, 7) is 2.36. The molecule has 5 nitrogen and oxygen atoms in total. The number of amides is 1. The fraction of sp³-hybridized carbons (Fsp3) is 0.562. The first-order valence-corrected chi connectivity index (χ1v) is 7.52. The van der Waals surface area contributed by atoms with E-state index in [4.69, 9.17) is 9.47 Å². The van der Waals surface area contributed by atoms with Crippen molar-refractivity contribution in [3.63, 3.8) is 0 Å². The van der Waals surface area contributed by atoms with Crippen molar-refractivity contribution >= 4 is 5.91 Å². The zero-order valence-corrected chi connectivity index (χ0v) is 12.4. The normalized spacial score (nSPS) is 21.6. The van der Waals surface area contributed by atoms with Crippen LogP contribution in [0.4, 0.5) is 0 Å². The summed E-state index contributed by atoms with van der Waals surface area (Å²) in [5.74, 6) is 0.969. The van der Waals surface area contributed by atoms with Crippen LogP contribution in [0.5, 0.6) is 11.5 Å². The van der Waals surface area contributed by atoms with E-state index in [1.807, 2.05) is 25.1 Å². The molecule has 5 heteroatoms. The van der Waals surface area contributed by atoms with Gasteiger partial charge in [0.1, 0.15) is 0 Å². The van der Waals surface area contributed by atoms with E-state index in [1.165, 1.54) is 0 Å². The van der Waals surface area contributed by atoms with E-state index < -0.39 is 6.10 Å². The predicted molar refractivity (Wildman–Crippen MR) is 79.5 cm³/mol. The molecule has 1 aliphatic rings. The van der Waals surface area contributed by atoms with Crippen molar-refractivity contribution in [1.29, 1.82) is 0 Å². The Morgan fingerprint density at radius 3 is 2.57 bits per heavy atom. The lowest BCUT2D eigenvalue weighted by Gasteiger charge is -2.28. The third kappa shape index (κ3) is 4.63. The monoisotopic (exact) mass is 293 g/mol. The summed E-state index contributed by atoms with van der Waals surface area (Å²) in [4.78, 5) is 11.9. The van der Waals surface area contributed by atoms with Crippen molar-refractivity contribution in [2.75, 3.05) is 13.2 Å². The summed E-state index contributed by atoms with van der Waals surface area (Å²) in [5, 5.41) is 12.7. The molecule has 1 aromatic carbocycles. The lowest BCUT2D eigenvalue weighted by molar-refractivity contribution is -0.125. The first-order chi connectivity index (χ1) is 10.2. The molecule has 2 N–H and O–H groups in total. The first kappa shape index (κ1) is 15.6. The molecule has 1 amide bonds. The summed E-state index contributed by atoms with van der Waals surface area (Å²) >= 11 is 0. The van der Waals surface area contributed by atoms with Crippen molar-refractivity contribution in [3.8, 4) is 11.5 Å². The first-order valence-electron chi connectivity index (χ1n) is 7.52. The molecular weight excluding hydrogens is 270 g/mol. The molecule has 0 unspecified atom stereocenters. The van der Waals surface area contributed by atoms with Gasteiger partial charge < -0.3 is 19.9 Å². The predicted octanol–water partition coefficient (Wildman–Crippen LogP) is 1.88. The third-order valence-corrected chi connectivity index (χ3v) is 3.58. The van der Waals surface area contributed by atoms with E-state index in [0.717, 1.165) is 25.7 Å². The molecule has 1 saturated carbocycles. The number of benzene rings is 1. The number of hydrogen-bond acceptors (Lipinski definition) is 4. The number of aliphatic hydroxyl groups excluding tert-OH is 1. The maximum atomic E-state index is 11.9. The van der Waals surface area contributed by atoms with Crippen LogP contribution in [0.15, 0.2) is 24.3 Å². The number of nitrogens with one attached hydrogen (secondary N) is 1. The molecule has 2 rings (SSSR count). The second-order valence-electron chi connectivity index (χ2n) is 5.19. The van der Waals surface area contributed by atoms with Gasteiger partial charge in [0, 0.05) is 0 Å². The van der Waals surface area contributed by atoms with Gasteiger partial charge in [-0.1, -0.05) is 25.0 Å². The Hall–Kier alpha value is -1.75. The van der Waals surface area contributed by atoms with E-state index in [-0.39, 0.29) is 18.6 Å². The Bertz CT molecular complexity index is 463. The summed E-state index contributed by atoms with van der Waals surface area (Å²) in [5.41, 5.74) is 0. The van der Waals surface area contributed by atoms with E-state index in [1.54, 1.807) is 6.07 Å². The Morgan fingerprint density at radius 2 is 1.90 bits per heavy atom. The molecule has 0 bridgehead atoms. The van der Waals surface area contributed by atoms with E-state index in [9.17, 15) is 9.90 Å². The number of para-hydroxylation sites is 2. The highest BCUT2D eigenvalue weighted by molar-refractivity contribution is 5.78. The highest BCUT2D eigenvalue weighted by atomic mass is 16.5.